The first-order chi connectivity index (χ1) is 15.8. The average molecular weight is 477 g/mol. The number of fused-ring (bicyclic) bond motifs is 1. The van der Waals surface area contributed by atoms with E-state index in [0.29, 0.717) is 42.9 Å². The summed E-state index contributed by atoms with van der Waals surface area (Å²) in [5.41, 5.74) is 6.08. The number of nitrogen functional groups attached to an aromatic ring is 1. The third-order valence-corrected chi connectivity index (χ3v) is 5.80. The van der Waals surface area contributed by atoms with Gasteiger partial charge in [0.15, 0.2) is 6.17 Å². The van der Waals surface area contributed by atoms with Gasteiger partial charge in [-0.1, -0.05) is 24.2 Å². The van der Waals surface area contributed by atoms with Gasteiger partial charge in [-0.25, -0.2) is 28.1 Å². The third-order valence-electron chi connectivity index (χ3n) is 5.49. The first kappa shape index (κ1) is 22.8. The van der Waals surface area contributed by atoms with E-state index >= 15 is 0 Å². The van der Waals surface area contributed by atoms with Crippen LogP contribution in [0.15, 0.2) is 43.2 Å². The highest BCUT2D eigenvalue weighted by Crippen LogP contribution is 2.39. The Morgan fingerprint density at radius 2 is 1.88 bits per heavy atom. The van der Waals surface area contributed by atoms with Gasteiger partial charge in [-0.2, -0.15) is 0 Å². The number of nitrogens with zero attached hydrogens (tertiary/aromatic N) is 5. The Bertz CT molecular complexity index is 1220. The molecular weight excluding hydrogens is 457 g/mol. The molecule has 2 aromatic heterocycles. The van der Waals surface area contributed by atoms with Gasteiger partial charge in [0.05, 0.1) is 16.2 Å². The summed E-state index contributed by atoms with van der Waals surface area (Å²) in [6.45, 7) is 5.61. The Hall–Kier alpha value is -3.40. The zero-order valence-corrected chi connectivity index (χ0v) is 18.1. The number of aromatic nitrogens is 3. The molecule has 3 heterocycles. The molecule has 1 amide bonds. The van der Waals surface area contributed by atoms with Crippen LogP contribution in [0.2, 0.25) is 5.02 Å². The van der Waals surface area contributed by atoms with Crippen molar-refractivity contribution < 1.29 is 18.0 Å². The smallest absolute Gasteiger partial charge is 0.273 e. The summed E-state index contributed by atoms with van der Waals surface area (Å²) >= 11 is 6.51. The van der Waals surface area contributed by atoms with Crippen LogP contribution in [0.4, 0.5) is 24.8 Å². The number of carbonyl (C=O) groups is 1. The van der Waals surface area contributed by atoms with Gasteiger partial charge < -0.3 is 15.5 Å². The van der Waals surface area contributed by atoms with E-state index in [4.69, 9.17) is 17.3 Å². The number of rotatable bonds is 5. The molecule has 0 bridgehead atoms. The van der Waals surface area contributed by atoms with E-state index in [1.54, 1.807) is 17.0 Å². The zero-order chi connectivity index (χ0) is 23.7. The molecule has 1 aliphatic rings. The van der Waals surface area contributed by atoms with Crippen LogP contribution in [-0.2, 0) is 4.79 Å². The number of piperazine rings is 1. The Kier molecular flexibility index (Phi) is 6.37. The highest BCUT2D eigenvalue weighted by molar-refractivity contribution is 6.34. The molecule has 7 nitrogen and oxygen atoms in total. The topological polar surface area (TPSA) is 88.2 Å². The Balaban J connectivity index is 1.75. The highest BCUT2D eigenvalue weighted by Gasteiger charge is 2.27. The van der Waals surface area contributed by atoms with Crippen LogP contribution in [0.25, 0.3) is 22.2 Å². The van der Waals surface area contributed by atoms with Gasteiger partial charge in [0.2, 0.25) is 5.91 Å². The van der Waals surface area contributed by atoms with E-state index < -0.39 is 12.6 Å². The number of anilines is 2. The first-order valence-corrected chi connectivity index (χ1v) is 10.5. The fraction of sp³-hybridized carbons (Fsp3) is 0.273. The van der Waals surface area contributed by atoms with E-state index in [9.17, 15) is 18.0 Å². The number of hydrogen-bond donors (Lipinski definition) is 1. The quantitative estimate of drug-likeness (QED) is 0.559. The Labute approximate surface area is 192 Å². The minimum Gasteiger partial charge on any atom is -0.384 e. The molecule has 1 fully saturated rings. The summed E-state index contributed by atoms with van der Waals surface area (Å²) in [5, 5.41) is 0.797. The van der Waals surface area contributed by atoms with Crippen molar-refractivity contribution in [2.24, 2.45) is 0 Å². The lowest BCUT2D eigenvalue weighted by atomic mass is 10.0. The minimum absolute atomic E-state index is 0.0432. The van der Waals surface area contributed by atoms with Crippen molar-refractivity contribution in [1.29, 1.82) is 0 Å². The third kappa shape index (κ3) is 4.43. The monoisotopic (exact) mass is 476 g/mol. The van der Waals surface area contributed by atoms with Gasteiger partial charge in [-0.3, -0.25) is 4.79 Å². The van der Waals surface area contributed by atoms with Gasteiger partial charge in [-0.15, -0.1) is 0 Å². The predicted octanol–water partition coefficient (Wildman–Crippen LogP) is 4.04. The molecule has 1 atom stereocenters. The first-order valence-electron chi connectivity index (χ1n) is 10.1. The van der Waals surface area contributed by atoms with Crippen molar-refractivity contribution in [3.8, 4) is 11.3 Å². The molecule has 1 aliphatic heterocycles. The van der Waals surface area contributed by atoms with Crippen LogP contribution in [-0.4, -0.2) is 58.4 Å². The number of amides is 1. The minimum atomic E-state index is -3.23. The molecule has 1 unspecified atom stereocenters. The fourth-order valence-corrected chi connectivity index (χ4v) is 4.08. The van der Waals surface area contributed by atoms with Crippen LogP contribution in [0.5, 0.6) is 0 Å². The summed E-state index contributed by atoms with van der Waals surface area (Å²) in [5.74, 6) is 0.535. The number of nitrogens with two attached hydrogens (primary N) is 1. The molecule has 1 aromatic carbocycles. The molecular formula is C22H20ClF3N6O. The molecule has 4 rings (SSSR count). The van der Waals surface area contributed by atoms with Crippen molar-refractivity contribution in [3.05, 3.63) is 53.8 Å². The maximum atomic E-state index is 14.3. The van der Waals surface area contributed by atoms with Crippen LogP contribution < -0.4 is 10.6 Å². The number of hydrogen-bond acceptors (Lipinski definition) is 6. The summed E-state index contributed by atoms with van der Waals surface area (Å²) in [4.78, 5) is 28.3. The lowest BCUT2D eigenvalue weighted by molar-refractivity contribution is -0.126. The normalized spacial score (nSPS) is 15.2. The standard InChI is InChI=1S/C22H20ClF3N6O/c1-2-18(33)31-5-7-32(8-6-31)22-14-9-15(23)13(10-16(14)28-11-29-22)20-12(19(24)21(25)26)3-4-17(27)30-20/h2-4,9-11,19,21H,1,5-8H2,(H2,27,30). The van der Waals surface area contributed by atoms with Gasteiger partial charge >= 0.3 is 0 Å². The molecule has 3 aromatic rings. The largest absolute Gasteiger partial charge is 0.384 e. The second-order valence-electron chi connectivity index (χ2n) is 7.47. The maximum Gasteiger partial charge on any atom is 0.273 e. The lowest BCUT2D eigenvalue weighted by Crippen LogP contribution is -2.48. The van der Waals surface area contributed by atoms with Crippen LogP contribution >= 0.6 is 11.6 Å². The molecule has 0 aliphatic carbocycles. The zero-order valence-electron chi connectivity index (χ0n) is 17.4. The summed E-state index contributed by atoms with van der Waals surface area (Å²) in [6, 6.07) is 5.61. The molecule has 0 saturated carbocycles. The Morgan fingerprint density at radius 1 is 1.15 bits per heavy atom. The Morgan fingerprint density at radius 3 is 2.55 bits per heavy atom. The molecule has 1 saturated heterocycles. The number of carbonyl (C=O) groups excluding carboxylic acids is 1. The second kappa shape index (κ2) is 9.22. The van der Waals surface area contributed by atoms with Crippen molar-refractivity contribution in [2.45, 2.75) is 12.6 Å². The molecule has 0 radical (unpaired) electrons. The average Bonchev–Trinajstić information content (AvgIpc) is 2.82. The van der Waals surface area contributed by atoms with Gasteiger partial charge in [0.1, 0.15) is 18.0 Å². The fourth-order valence-electron chi connectivity index (χ4n) is 3.82. The lowest BCUT2D eigenvalue weighted by Gasteiger charge is -2.35. The van der Waals surface area contributed by atoms with Gasteiger partial charge in [0.25, 0.3) is 6.43 Å². The molecule has 0 spiro atoms. The van der Waals surface area contributed by atoms with E-state index in [0.717, 1.165) is 0 Å². The van der Waals surface area contributed by atoms with E-state index in [2.05, 4.69) is 21.5 Å². The van der Waals surface area contributed by atoms with Crippen molar-refractivity contribution >= 4 is 40.0 Å². The molecule has 2 N–H and O–H groups in total. The van der Waals surface area contributed by atoms with Crippen LogP contribution in [0.1, 0.15) is 11.7 Å². The van der Waals surface area contributed by atoms with Gasteiger partial charge in [-0.05, 0) is 24.3 Å². The SMILES string of the molecule is C=CC(=O)N1CCN(c2ncnc3cc(-c4nc(N)ccc4C(F)C(F)F)c(Cl)cc23)CC1. The summed E-state index contributed by atoms with van der Waals surface area (Å²) < 4.78 is 40.5. The van der Waals surface area contributed by atoms with Crippen LogP contribution in [0.3, 0.4) is 0 Å². The molecule has 172 valence electrons. The molecule has 11 heteroatoms. The summed E-state index contributed by atoms with van der Waals surface area (Å²) in [6.07, 6.45) is -3.11. The van der Waals surface area contributed by atoms with Crippen molar-refractivity contribution in [3.63, 3.8) is 0 Å². The van der Waals surface area contributed by atoms with E-state index in [1.807, 2.05) is 4.90 Å². The molecule has 33 heavy (non-hydrogen) atoms. The van der Waals surface area contributed by atoms with Gasteiger partial charge in [0, 0.05) is 42.7 Å². The van der Waals surface area contributed by atoms with Crippen LogP contribution in [0, 0.1) is 0 Å². The number of alkyl halides is 3. The number of halogens is 4. The highest BCUT2D eigenvalue weighted by atomic mass is 35.5. The number of benzene rings is 1. The van der Waals surface area contributed by atoms with Crippen molar-refractivity contribution in [1.82, 2.24) is 19.9 Å². The second-order valence-corrected chi connectivity index (χ2v) is 7.88. The maximum absolute atomic E-state index is 14.3. The summed E-state index contributed by atoms with van der Waals surface area (Å²) in [7, 11) is 0. The predicted molar refractivity (Wildman–Crippen MR) is 121 cm³/mol. The number of pyridine rings is 1. The van der Waals surface area contributed by atoms with E-state index in [-0.39, 0.29) is 33.6 Å². The van der Waals surface area contributed by atoms with E-state index in [1.165, 1.54) is 24.5 Å². The van der Waals surface area contributed by atoms with Crippen molar-refractivity contribution in [2.75, 3.05) is 36.8 Å².